The Balaban J connectivity index is 0. The summed E-state index contributed by atoms with van der Waals surface area (Å²) in [5.74, 6) is 0. The van der Waals surface area contributed by atoms with Crippen molar-refractivity contribution in [3.8, 4) is 0 Å². The van der Waals surface area contributed by atoms with Gasteiger partial charge in [-0.05, 0) is 30.0 Å². The summed E-state index contributed by atoms with van der Waals surface area (Å²) in [7, 11) is 5.96. The van der Waals surface area contributed by atoms with Crippen molar-refractivity contribution >= 4 is 42.1 Å². The predicted molar refractivity (Wildman–Crippen MR) is 108 cm³/mol. The first-order valence-electron chi connectivity index (χ1n) is 7.35. The zero-order chi connectivity index (χ0) is 16.5. The van der Waals surface area contributed by atoms with Gasteiger partial charge >= 0.3 is 0 Å². The highest BCUT2D eigenvalue weighted by molar-refractivity contribution is 7.96. The molecule has 1 N–H and O–H groups in total. The number of hydrogen-bond donors (Lipinski definition) is 1. The van der Waals surface area contributed by atoms with Gasteiger partial charge in [-0.1, -0.05) is 34.6 Å². The zero-order valence-corrected chi connectivity index (χ0v) is 17.8. The molecule has 22 heavy (non-hydrogen) atoms. The molecule has 0 spiro atoms. The first-order valence-corrected chi connectivity index (χ1v) is 8.92. The number of anilines is 1. The molecule has 132 valence electrons. The van der Waals surface area contributed by atoms with Gasteiger partial charge in [0.15, 0.2) is 0 Å². The minimum absolute atomic E-state index is 0. The van der Waals surface area contributed by atoms with Crippen molar-refractivity contribution in [2.24, 2.45) is 5.41 Å². The summed E-state index contributed by atoms with van der Waals surface area (Å²) in [5, 5.41) is 8.46. The monoisotopic (exact) mass is 367 g/mol. The van der Waals surface area contributed by atoms with Gasteiger partial charge in [-0.3, -0.25) is 4.31 Å². The molecule has 0 aliphatic carbocycles. The van der Waals surface area contributed by atoms with Crippen LogP contribution in [0.1, 0.15) is 34.6 Å². The van der Waals surface area contributed by atoms with Gasteiger partial charge in [0.05, 0.1) is 0 Å². The second kappa shape index (κ2) is 12.5. The van der Waals surface area contributed by atoms with Crippen LogP contribution in [0.3, 0.4) is 0 Å². The van der Waals surface area contributed by atoms with Crippen molar-refractivity contribution in [2.45, 2.75) is 40.7 Å². The maximum Gasteiger partial charge on any atom is 0.136 e. The van der Waals surface area contributed by atoms with Gasteiger partial charge in [0.2, 0.25) is 0 Å². The summed E-state index contributed by atoms with van der Waals surface area (Å²) in [6.45, 7) is 11.5. The van der Waals surface area contributed by atoms with Gasteiger partial charge in [-0.25, -0.2) is 4.28 Å². The van der Waals surface area contributed by atoms with Gasteiger partial charge in [-0.2, -0.15) is 18.6 Å². The Hall–Kier alpha value is 0.0800. The van der Waals surface area contributed by atoms with Gasteiger partial charge in [0.1, 0.15) is 17.2 Å². The molecule has 1 atom stereocenters. The maximum absolute atomic E-state index is 5.70. The average Bonchev–Trinajstić information content (AvgIpc) is 2.97. The summed E-state index contributed by atoms with van der Waals surface area (Å²) in [5.41, 5.74) is 0.205. The standard InChI is InChI=1S/C13H25N3OS2.C2H6.H2S/c1-13(2,3)11(14-4)10-15(5)17-19-16(6)12-8-7-9-18-12;1-2;/h7-9,11,14H,10H2,1-6H3;1-2H3;1H2. The van der Waals surface area contributed by atoms with Gasteiger partial charge in [-0.15, -0.1) is 11.3 Å². The molecule has 1 aromatic heterocycles. The molecule has 0 amide bonds. The van der Waals surface area contributed by atoms with Crippen LogP contribution in [-0.4, -0.2) is 38.8 Å². The van der Waals surface area contributed by atoms with Crippen LogP contribution in [0.15, 0.2) is 17.5 Å². The van der Waals surface area contributed by atoms with Crippen LogP contribution in [0.5, 0.6) is 0 Å². The second-order valence-corrected chi connectivity index (χ2v) is 7.39. The second-order valence-electron chi connectivity index (χ2n) is 5.62. The molecule has 7 heteroatoms. The smallest absolute Gasteiger partial charge is 0.136 e. The SMILES string of the molecule is CC.CNC(CN(C)OSN(C)c1cccs1)C(C)(C)C.S. The lowest BCUT2D eigenvalue weighted by atomic mass is 9.87. The fraction of sp³-hybridized carbons (Fsp3) is 0.733. The highest BCUT2D eigenvalue weighted by Gasteiger charge is 2.24. The third-order valence-corrected chi connectivity index (χ3v) is 4.72. The average molecular weight is 368 g/mol. The quantitative estimate of drug-likeness (QED) is 0.438. The molecule has 4 nitrogen and oxygen atoms in total. The number of hydroxylamine groups is 2. The minimum atomic E-state index is 0. The summed E-state index contributed by atoms with van der Waals surface area (Å²) < 4.78 is 7.72. The number of nitrogens with one attached hydrogen (secondary N) is 1. The maximum atomic E-state index is 5.70. The van der Waals surface area contributed by atoms with Gasteiger partial charge in [0, 0.05) is 26.7 Å². The topological polar surface area (TPSA) is 27.7 Å². The number of rotatable bonds is 7. The van der Waals surface area contributed by atoms with E-state index in [0.29, 0.717) is 6.04 Å². The van der Waals surface area contributed by atoms with E-state index in [-0.39, 0.29) is 18.9 Å². The molecular weight excluding hydrogens is 334 g/mol. The van der Waals surface area contributed by atoms with Crippen molar-refractivity contribution in [3.05, 3.63) is 17.5 Å². The molecule has 0 bridgehead atoms. The normalized spacial score (nSPS) is 12.2. The Bertz CT molecular complexity index is 355. The van der Waals surface area contributed by atoms with E-state index >= 15 is 0 Å². The minimum Gasteiger partial charge on any atom is -0.315 e. The summed E-state index contributed by atoms with van der Waals surface area (Å²) in [6, 6.07) is 4.49. The fourth-order valence-electron chi connectivity index (χ4n) is 1.68. The van der Waals surface area contributed by atoms with Crippen molar-refractivity contribution in [1.29, 1.82) is 0 Å². The zero-order valence-electron chi connectivity index (χ0n) is 15.1. The molecule has 1 unspecified atom stereocenters. The largest absolute Gasteiger partial charge is 0.315 e. The van der Waals surface area contributed by atoms with Crippen molar-refractivity contribution in [2.75, 3.05) is 32.0 Å². The Morgan fingerprint density at radius 3 is 2.32 bits per heavy atom. The molecule has 1 aromatic rings. The van der Waals surface area contributed by atoms with Crippen LogP contribution in [0.25, 0.3) is 0 Å². The molecular formula is C15H33N3OS3. The Kier molecular flexibility index (Phi) is 13.8. The lowest BCUT2D eigenvalue weighted by molar-refractivity contribution is -0.0271. The van der Waals surface area contributed by atoms with Crippen LogP contribution < -0.4 is 9.62 Å². The molecule has 1 heterocycles. The molecule has 0 saturated heterocycles. The third-order valence-electron chi connectivity index (χ3n) is 2.92. The number of thiophene rings is 1. The number of hydrogen-bond acceptors (Lipinski definition) is 6. The van der Waals surface area contributed by atoms with Gasteiger partial charge < -0.3 is 5.32 Å². The molecule has 0 fully saturated rings. The first kappa shape index (κ1) is 24.3. The number of nitrogens with zero attached hydrogens (tertiary/aromatic N) is 2. The third kappa shape index (κ3) is 9.27. The van der Waals surface area contributed by atoms with E-state index in [9.17, 15) is 0 Å². The Morgan fingerprint density at radius 1 is 1.32 bits per heavy atom. The first-order chi connectivity index (χ1) is 9.84. The van der Waals surface area contributed by atoms with Crippen LogP contribution in [0.4, 0.5) is 5.00 Å². The molecule has 0 aromatic carbocycles. The lowest BCUT2D eigenvalue weighted by Crippen LogP contribution is -2.45. The van der Waals surface area contributed by atoms with Crippen LogP contribution >= 0.6 is 37.1 Å². The highest BCUT2D eigenvalue weighted by atomic mass is 32.2. The van der Waals surface area contributed by atoms with Crippen LogP contribution in [0.2, 0.25) is 0 Å². The molecule has 0 saturated carbocycles. The Labute approximate surface area is 152 Å². The molecule has 0 aliphatic rings. The highest BCUT2D eigenvalue weighted by Crippen LogP contribution is 2.27. The van der Waals surface area contributed by atoms with E-state index in [1.807, 2.05) is 50.4 Å². The number of likely N-dealkylation sites (N-methyl/N-ethyl adjacent to an activating group) is 2. The van der Waals surface area contributed by atoms with Crippen molar-refractivity contribution < 1.29 is 4.28 Å². The summed E-state index contributed by atoms with van der Waals surface area (Å²) in [4.78, 5) is 0. The predicted octanol–water partition coefficient (Wildman–Crippen LogP) is 4.38. The van der Waals surface area contributed by atoms with Crippen LogP contribution in [0, 0.1) is 5.41 Å². The summed E-state index contributed by atoms with van der Waals surface area (Å²) in [6.07, 6.45) is 0. The van der Waals surface area contributed by atoms with Crippen LogP contribution in [-0.2, 0) is 4.28 Å². The van der Waals surface area contributed by atoms with E-state index < -0.39 is 0 Å². The molecule has 1 rings (SSSR count). The molecule has 0 aliphatic heterocycles. The van der Waals surface area contributed by atoms with Crippen molar-refractivity contribution in [1.82, 2.24) is 10.4 Å². The van der Waals surface area contributed by atoms with E-state index in [4.69, 9.17) is 4.28 Å². The van der Waals surface area contributed by atoms with E-state index in [2.05, 4.69) is 37.5 Å². The van der Waals surface area contributed by atoms with Gasteiger partial charge in [0.25, 0.3) is 0 Å². The Morgan fingerprint density at radius 2 is 1.91 bits per heavy atom. The van der Waals surface area contributed by atoms with E-state index in [1.54, 1.807) is 11.3 Å². The van der Waals surface area contributed by atoms with Crippen molar-refractivity contribution in [3.63, 3.8) is 0 Å². The van der Waals surface area contributed by atoms with E-state index in [1.165, 1.54) is 17.2 Å². The van der Waals surface area contributed by atoms with E-state index in [0.717, 1.165) is 6.54 Å². The summed E-state index contributed by atoms with van der Waals surface area (Å²) >= 11 is 3.05. The molecule has 0 radical (unpaired) electrons. The lowest BCUT2D eigenvalue weighted by Gasteiger charge is -2.33. The fourth-order valence-corrected chi connectivity index (χ4v) is 2.91.